The van der Waals surface area contributed by atoms with E-state index in [1.54, 1.807) is 14.2 Å². The van der Waals surface area contributed by atoms with E-state index in [1.165, 1.54) is 0 Å². The molecule has 0 aromatic heterocycles. The predicted octanol–water partition coefficient (Wildman–Crippen LogP) is 1.57. The molecule has 0 amide bonds. The zero-order chi connectivity index (χ0) is 12.0. The number of hydrogen-bond donors (Lipinski definition) is 1. The lowest BCUT2D eigenvalue weighted by Crippen LogP contribution is -2.19. The third kappa shape index (κ3) is 3.40. The van der Waals surface area contributed by atoms with Crippen LogP contribution >= 0.6 is 0 Å². The van der Waals surface area contributed by atoms with E-state index in [2.05, 4.69) is 0 Å². The summed E-state index contributed by atoms with van der Waals surface area (Å²) in [6.45, 7) is 2.99. The molecule has 0 saturated carbocycles. The van der Waals surface area contributed by atoms with Crippen molar-refractivity contribution in [2.75, 3.05) is 20.8 Å². The van der Waals surface area contributed by atoms with Crippen molar-refractivity contribution in [2.24, 2.45) is 5.73 Å². The minimum absolute atomic E-state index is 0.0631. The Balaban J connectivity index is 2.67. The molecule has 90 valence electrons. The van der Waals surface area contributed by atoms with E-state index in [4.69, 9.17) is 19.9 Å². The summed E-state index contributed by atoms with van der Waals surface area (Å²) in [5.41, 5.74) is 6.51. The molecule has 1 rings (SSSR count). The van der Waals surface area contributed by atoms with Crippen molar-refractivity contribution >= 4 is 0 Å². The van der Waals surface area contributed by atoms with E-state index in [1.807, 2.05) is 25.1 Å². The fourth-order valence-electron chi connectivity index (χ4n) is 1.28. The number of ether oxygens (including phenoxy) is 3. The van der Waals surface area contributed by atoms with Crippen molar-refractivity contribution in [1.29, 1.82) is 0 Å². The zero-order valence-corrected chi connectivity index (χ0v) is 10.0. The summed E-state index contributed by atoms with van der Waals surface area (Å²) in [4.78, 5) is 0. The molecule has 0 fully saturated rings. The van der Waals surface area contributed by atoms with Gasteiger partial charge in [-0.05, 0) is 24.6 Å². The van der Waals surface area contributed by atoms with Crippen LogP contribution in [0.25, 0.3) is 0 Å². The summed E-state index contributed by atoms with van der Waals surface area (Å²) >= 11 is 0. The topological polar surface area (TPSA) is 53.7 Å². The molecule has 0 aliphatic heterocycles. The number of benzene rings is 1. The first-order chi connectivity index (χ1) is 7.71. The standard InChI is InChI=1S/C12H19NO3/c1-9(7-13)16-8-10-4-5-11(14-2)12(6-10)15-3/h4-6,9H,7-8,13H2,1-3H3. The molecule has 0 heterocycles. The van der Waals surface area contributed by atoms with Gasteiger partial charge < -0.3 is 19.9 Å². The minimum atomic E-state index is 0.0631. The molecule has 1 unspecified atom stereocenters. The molecule has 0 spiro atoms. The Hall–Kier alpha value is -1.26. The second-order valence-corrected chi connectivity index (χ2v) is 3.55. The molecule has 0 radical (unpaired) electrons. The molecule has 4 heteroatoms. The summed E-state index contributed by atoms with van der Waals surface area (Å²) in [6, 6.07) is 5.72. The highest BCUT2D eigenvalue weighted by molar-refractivity contribution is 5.42. The molecule has 0 aliphatic carbocycles. The fourth-order valence-corrected chi connectivity index (χ4v) is 1.28. The molecule has 1 aromatic carbocycles. The molecular weight excluding hydrogens is 206 g/mol. The first-order valence-corrected chi connectivity index (χ1v) is 5.23. The Morgan fingerprint density at radius 1 is 1.19 bits per heavy atom. The van der Waals surface area contributed by atoms with Gasteiger partial charge in [-0.3, -0.25) is 0 Å². The molecule has 0 aliphatic rings. The minimum Gasteiger partial charge on any atom is -0.493 e. The second kappa shape index (κ2) is 6.35. The van der Waals surface area contributed by atoms with Crippen LogP contribution in [0, 0.1) is 0 Å². The summed E-state index contributed by atoms with van der Waals surface area (Å²) in [7, 11) is 3.23. The van der Waals surface area contributed by atoms with Gasteiger partial charge in [-0.1, -0.05) is 6.07 Å². The molecule has 2 N–H and O–H groups in total. The van der Waals surface area contributed by atoms with Crippen LogP contribution in [0.2, 0.25) is 0 Å². The van der Waals surface area contributed by atoms with Gasteiger partial charge in [-0.25, -0.2) is 0 Å². The molecule has 4 nitrogen and oxygen atoms in total. The van der Waals surface area contributed by atoms with Crippen molar-refractivity contribution in [1.82, 2.24) is 0 Å². The predicted molar refractivity (Wildman–Crippen MR) is 62.9 cm³/mol. The Bertz CT molecular complexity index is 328. The Labute approximate surface area is 96.3 Å². The molecule has 1 atom stereocenters. The lowest BCUT2D eigenvalue weighted by atomic mass is 10.2. The van der Waals surface area contributed by atoms with Gasteiger partial charge in [0.2, 0.25) is 0 Å². The second-order valence-electron chi connectivity index (χ2n) is 3.55. The number of hydrogen-bond acceptors (Lipinski definition) is 4. The van der Waals surface area contributed by atoms with Crippen LogP contribution in [0.4, 0.5) is 0 Å². The third-order valence-corrected chi connectivity index (χ3v) is 2.31. The van der Waals surface area contributed by atoms with Gasteiger partial charge >= 0.3 is 0 Å². The van der Waals surface area contributed by atoms with Crippen molar-refractivity contribution < 1.29 is 14.2 Å². The van der Waals surface area contributed by atoms with Crippen LogP contribution in [-0.4, -0.2) is 26.9 Å². The van der Waals surface area contributed by atoms with Gasteiger partial charge in [0.15, 0.2) is 11.5 Å². The van der Waals surface area contributed by atoms with Crippen LogP contribution in [-0.2, 0) is 11.3 Å². The monoisotopic (exact) mass is 225 g/mol. The maximum atomic E-state index is 5.53. The van der Waals surface area contributed by atoms with Crippen LogP contribution in [0.3, 0.4) is 0 Å². The van der Waals surface area contributed by atoms with Crippen molar-refractivity contribution in [2.45, 2.75) is 19.6 Å². The van der Waals surface area contributed by atoms with E-state index < -0.39 is 0 Å². The van der Waals surface area contributed by atoms with Crippen LogP contribution < -0.4 is 15.2 Å². The summed E-state index contributed by atoms with van der Waals surface area (Å²) < 4.78 is 15.9. The van der Waals surface area contributed by atoms with E-state index in [0.29, 0.717) is 18.9 Å². The number of rotatable bonds is 6. The van der Waals surface area contributed by atoms with E-state index >= 15 is 0 Å². The highest BCUT2D eigenvalue weighted by atomic mass is 16.5. The third-order valence-electron chi connectivity index (χ3n) is 2.31. The van der Waals surface area contributed by atoms with E-state index in [9.17, 15) is 0 Å². The Kier molecular flexibility index (Phi) is 5.08. The smallest absolute Gasteiger partial charge is 0.161 e. The molecule has 1 aromatic rings. The Morgan fingerprint density at radius 3 is 2.44 bits per heavy atom. The van der Waals surface area contributed by atoms with E-state index in [-0.39, 0.29) is 6.10 Å². The maximum absolute atomic E-state index is 5.53. The van der Waals surface area contributed by atoms with Gasteiger partial charge in [0.25, 0.3) is 0 Å². The molecule has 0 bridgehead atoms. The van der Waals surface area contributed by atoms with Crippen molar-refractivity contribution in [3.05, 3.63) is 23.8 Å². The summed E-state index contributed by atoms with van der Waals surface area (Å²) in [5, 5.41) is 0. The SMILES string of the molecule is COc1ccc(COC(C)CN)cc1OC. The normalized spacial score (nSPS) is 12.2. The van der Waals surface area contributed by atoms with Crippen LogP contribution in [0.1, 0.15) is 12.5 Å². The highest BCUT2D eigenvalue weighted by Gasteiger charge is 2.05. The molecular formula is C12H19NO3. The van der Waals surface area contributed by atoms with Gasteiger partial charge in [0.05, 0.1) is 26.9 Å². The first kappa shape index (κ1) is 12.8. The summed E-state index contributed by atoms with van der Waals surface area (Å²) in [5.74, 6) is 1.43. The van der Waals surface area contributed by atoms with Gasteiger partial charge in [-0.15, -0.1) is 0 Å². The maximum Gasteiger partial charge on any atom is 0.161 e. The van der Waals surface area contributed by atoms with Crippen molar-refractivity contribution in [3.63, 3.8) is 0 Å². The lowest BCUT2D eigenvalue weighted by molar-refractivity contribution is 0.0588. The van der Waals surface area contributed by atoms with E-state index in [0.717, 1.165) is 11.3 Å². The average Bonchev–Trinajstić information content (AvgIpc) is 2.35. The molecule has 16 heavy (non-hydrogen) atoms. The van der Waals surface area contributed by atoms with Gasteiger partial charge in [0.1, 0.15) is 0 Å². The average molecular weight is 225 g/mol. The molecule has 0 saturated heterocycles. The zero-order valence-electron chi connectivity index (χ0n) is 10.0. The highest BCUT2D eigenvalue weighted by Crippen LogP contribution is 2.27. The lowest BCUT2D eigenvalue weighted by Gasteiger charge is -2.12. The largest absolute Gasteiger partial charge is 0.493 e. The van der Waals surface area contributed by atoms with Crippen LogP contribution in [0.5, 0.6) is 11.5 Å². The van der Waals surface area contributed by atoms with Crippen molar-refractivity contribution in [3.8, 4) is 11.5 Å². The number of methoxy groups -OCH3 is 2. The first-order valence-electron chi connectivity index (χ1n) is 5.23. The Morgan fingerprint density at radius 2 is 1.88 bits per heavy atom. The summed E-state index contributed by atoms with van der Waals surface area (Å²) in [6.07, 6.45) is 0.0631. The quantitative estimate of drug-likeness (QED) is 0.798. The number of nitrogens with two attached hydrogens (primary N) is 1. The fraction of sp³-hybridized carbons (Fsp3) is 0.500. The van der Waals surface area contributed by atoms with Gasteiger partial charge in [0, 0.05) is 6.54 Å². The van der Waals surface area contributed by atoms with Gasteiger partial charge in [-0.2, -0.15) is 0 Å². The van der Waals surface area contributed by atoms with Crippen LogP contribution in [0.15, 0.2) is 18.2 Å².